The number of rotatable bonds is 3. The van der Waals surface area contributed by atoms with Crippen LogP contribution in [0.15, 0.2) is 34.9 Å². The summed E-state index contributed by atoms with van der Waals surface area (Å²) in [5.74, 6) is 0.559. The minimum atomic E-state index is -0.343. The minimum absolute atomic E-state index is 0.0169. The van der Waals surface area contributed by atoms with Gasteiger partial charge in [0.05, 0.1) is 5.92 Å². The molecule has 4 nitrogen and oxygen atoms in total. The molecule has 0 aliphatic rings. The third-order valence-corrected chi connectivity index (χ3v) is 2.45. The highest BCUT2D eigenvalue weighted by Gasteiger charge is 2.18. The summed E-state index contributed by atoms with van der Waals surface area (Å²) < 4.78 is 5.06. The Labute approximate surface area is 93.3 Å². The molecule has 1 aromatic carbocycles. The van der Waals surface area contributed by atoms with Crippen LogP contribution in [0.1, 0.15) is 25.7 Å². The van der Waals surface area contributed by atoms with Crippen LogP contribution in [-0.2, 0) is 4.79 Å². The lowest BCUT2D eigenvalue weighted by Crippen LogP contribution is -2.04. The first-order chi connectivity index (χ1) is 7.68. The van der Waals surface area contributed by atoms with Crippen LogP contribution >= 0.6 is 0 Å². The molecule has 16 heavy (non-hydrogen) atoms. The van der Waals surface area contributed by atoms with Crippen molar-refractivity contribution in [2.45, 2.75) is 19.8 Å². The first-order valence-electron chi connectivity index (χ1n) is 5.08. The molecule has 0 fully saturated rings. The molecule has 0 aliphatic carbocycles. The number of hydrogen-bond acceptors (Lipinski definition) is 4. The minimum Gasteiger partial charge on any atom is -0.338 e. The van der Waals surface area contributed by atoms with E-state index in [1.807, 2.05) is 30.3 Å². The molecule has 0 radical (unpaired) electrons. The summed E-state index contributed by atoms with van der Waals surface area (Å²) in [7, 11) is 0. The lowest BCUT2D eigenvalue weighted by molar-refractivity contribution is -0.118. The molecular formula is C12H12N2O2. The molecule has 82 valence electrons. The Morgan fingerprint density at radius 3 is 2.62 bits per heavy atom. The van der Waals surface area contributed by atoms with Gasteiger partial charge in [-0.2, -0.15) is 4.98 Å². The second-order valence-electron chi connectivity index (χ2n) is 3.65. The molecule has 0 bridgehead atoms. The second-order valence-corrected chi connectivity index (χ2v) is 3.65. The van der Waals surface area contributed by atoms with Gasteiger partial charge in [0, 0.05) is 5.56 Å². The van der Waals surface area contributed by atoms with Gasteiger partial charge in [0.2, 0.25) is 11.7 Å². The summed E-state index contributed by atoms with van der Waals surface area (Å²) >= 11 is 0. The fourth-order valence-electron chi connectivity index (χ4n) is 1.29. The normalized spacial score (nSPS) is 12.4. The highest BCUT2D eigenvalue weighted by Crippen LogP contribution is 2.19. The summed E-state index contributed by atoms with van der Waals surface area (Å²) in [4.78, 5) is 15.4. The van der Waals surface area contributed by atoms with Crippen LogP contribution in [-0.4, -0.2) is 15.9 Å². The van der Waals surface area contributed by atoms with Gasteiger partial charge >= 0.3 is 0 Å². The molecule has 1 aromatic heterocycles. The number of carbonyl (C=O) groups excluding carboxylic acids is 1. The Morgan fingerprint density at radius 1 is 1.31 bits per heavy atom. The molecule has 1 heterocycles. The number of benzene rings is 1. The number of aromatic nitrogens is 2. The third kappa shape index (κ3) is 2.00. The number of ketones is 1. The van der Waals surface area contributed by atoms with E-state index in [4.69, 9.17) is 4.52 Å². The van der Waals surface area contributed by atoms with Crippen LogP contribution in [0.25, 0.3) is 11.4 Å². The van der Waals surface area contributed by atoms with Crippen molar-refractivity contribution >= 4 is 5.78 Å². The van der Waals surface area contributed by atoms with Crippen LogP contribution in [0.5, 0.6) is 0 Å². The quantitative estimate of drug-likeness (QED) is 0.790. The van der Waals surface area contributed by atoms with Gasteiger partial charge in [-0.1, -0.05) is 35.5 Å². The molecule has 4 heteroatoms. The Bertz CT molecular complexity index is 491. The maximum atomic E-state index is 11.2. The average Bonchev–Trinajstić information content (AvgIpc) is 2.78. The highest BCUT2D eigenvalue weighted by molar-refractivity contribution is 5.81. The van der Waals surface area contributed by atoms with E-state index in [1.54, 1.807) is 6.92 Å². The lowest BCUT2D eigenvalue weighted by Gasteiger charge is -1.98. The Kier molecular flexibility index (Phi) is 2.81. The second kappa shape index (κ2) is 4.26. The molecule has 0 amide bonds. The zero-order valence-electron chi connectivity index (χ0n) is 9.18. The summed E-state index contributed by atoms with van der Waals surface area (Å²) in [5.41, 5.74) is 0.883. The molecule has 0 spiro atoms. The van der Waals surface area contributed by atoms with E-state index in [1.165, 1.54) is 6.92 Å². The molecule has 1 unspecified atom stereocenters. The van der Waals surface area contributed by atoms with E-state index in [0.717, 1.165) is 5.56 Å². The van der Waals surface area contributed by atoms with Crippen molar-refractivity contribution in [2.75, 3.05) is 0 Å². The van der Waals surface area contributed by atoms with Crippen molar-refractivity contribution in [1.29, 1.82) is 0 Å². The fraction of sp³-hybridized carbons (Fsp3) is 0.250. The standard InChI is InChI=1S/C12H12N2O2/c1-8(9(2)15)12-13-11(14-16-12)10-6-4-3-5-7-10/h3-8H,1-2H3. The van der Waals surface area contributed by atoms with Gasteiger partial charge in [-0.15, -0.1) is 0 Å². The first kappa shape index (κ1) is 10.5. The van der Waals surface area contributed by atoms with E-state index in [2.05, 4.69) is 10.1 Å². The largest absolute Gasteiger partial charge is 0.338 e. The molecule has 2 aromatic rings. The van der Waals surface area contributed by atoms with Crippen LogP contribution in [0, 0.1) is 0 Å². The van der Waals surface area contributed by atoms with E-state index in [9.17, 15) is 4.79 Å². The average molecular weight is 216 g/mol. The van der Waals surface area contributed by atoms with Crippen LogP contribution in [0.3, 0.4) is 0 Å². The van der Waals surface area contributed by atoms with E-state index < -0.39 is 0 Å². The number of Topliss-reactive ketones (excluding diaryl/α,β-unsaturated/α-hetero) is 1. The molecule has 0 N–H and O–H groups in total. The monoisotopic (exact) mass is 216 g/mol. The fourth-order valence-corrected chi connectivity index (χ4v) is 1.29. The molecule has 0 saturated carbocycles. The SMILES string of the molecule is CC(=O)C(C)c1nc(-c2ccccc2)no1. The van der Waals surface area contributed by atoms with Crippen molar-refractivity contribution in [3.05, 3.63) is 36.2 Å². The van der Waals surface area contributed by atoms with Crippen molar-refractivity contribution in [3.63, 3.8) is 0 Å². The molecular weight excluding hydrogens is 204 g/mol. The summed E-state index contributed by atoms with van der Waals surface area (Å²) in [6.07, 6.45) is 0. The zero-order valence-corrected chi connectivity index (χ0v) is 9.18. The van der Waals surface area contributed by atoms with Gasteiger partial charge in [-0.05, 0) is 13.8 Å². The van der Waals surface area contributed by atoms with Gasteiger partial charge < -0.3 is 4.52 Å². The van der Waals surface area contributed by atoms with Crippen molar-refractivity contribution < 1.29 is 9.32 Å². The molecule has 2 rings (SSSR count). The van der Waals surface area contributed by atoms with Crippen LogP contribution in [0.2, 0.25) is 0 Å². The maximum Gasteiger partial charge on any atom is 0.237 e. The Morgan fingerprint density at radius 2 is 2.00 bits per heavy atom. The molecule has 1 atom stereocenters. The van der Waals surface area contributed by atoms with Crippen molar-refractivity contribution in [3.8, 4) is 11.4 Å². The zero-order chi connectivity index (χ0) is 11.5. The number of carbonyl (C=O) groups is 1. The van der Waals surface area contributed by atoms with Crippen molar-refractivity contribution in [2.24, 2.45) is 0 Å². The van der Waals surface area contributed by atoms with E-state index in [0.29, 0.717) is 11.7 Å². The van der Waals surface area contributed by atoms with E-state index >= 15 is 0 Å². The van der Waals surface area contributed by atoms with Gasteiger partial charge in [0.1, 0.15) is 5.78 Å². The van der Waals surface area contributed by atoms with Crippen LogP contribution < -0.4 is 0 Å². The smallest absolute Gasteiger partial charge is 0.237 e. The Balaban J connectivity index is 2.30. The number of nitrogens with zero attached hydrogens (tertiary/aromatic N) is 2. The summed E-state index contributed by atoms with van der Waals surface area (Å²) in [5, 5.41) is 3.85. The summed E-state index contributed by atoms with van der Waals surface area (Å²) in [6, 6.07) is 9.52. The van der Waals surface area contributed by atoms with Gasteiger partial charge in [-0.3, -0.25) is 4.79 Å². The Hall–Kier alpha value is -1.97. The first-order valence-corrected chi connectivity index (χ1v) is 5.08. The van der Waals surface area contributed by atoms with E-state index in [-0.39, 0.29) is 11.7 Å². The van der Waals surface area contributed by atoms with Gasteiger partial charge in [-0.25, -0.2) is 0 Å². The van der Waals surface area contributed by atoms with Crippen LogP contribution in [0.4, 0.5) is 0 Å². The highest BCUT2D eigenvalue weighted by atomic mass is 16.5. The van der Waals surface area contributed by atoms with Gasteiger partial charge in [0.15, 0.2) is 0 Å². The molecule has 0 aliphatic heterocycles. The lowest BCUT2D eigenvalue weighted by atomic mass is 10.1. The molecule has 0 saturated heterocycles. The third-order valence-electron chi connectivity index (χ3n) is 2.45. The maximum absolute atomic E-state index is 11.2. The van der Waals surface area contributed by atoms with Gasteiger partial charge in [0.25, 0.3) is 0 Å². The predicted octanol–water partition coefficient (Wildman–Crippen LogP) is 2.43. The van der Waals surface area contributed by atoms with Crippen molar-refractivity contribution in [1.82, 2.24) is 10.1 Å². The summed E-state index contributed by atoms with van der Waals surface area (Å²) in [6.45, 7) is 3.27. The predicted molar refractivity (Wildman–Crippen MR) is 58.8 cm³/mol. The number of hydrogen-bond donors (Lipinski definition) is 0. The topological polar surface area (TPSA) is 56.0 Å².